The molecule has 3 rings (SSSR count). The molecule has 0 saturated heterocycles. The van der Waals surface area contributed by atoms with E-state index in [9.17, 15) is 4.79 Å². The molecule has 4 nitrogen and oxygen atoms in total. The summed E-state index contributed by atoms with van der Waals surface area (Å²) in [4.78, 5) is 16.9. The maximum absolute atomic E-state index is 11.3. The summed E-state index contributed by atoms with van der Waals surface area (Å²) in [5, 5.41) is 0. The second-order valence-corrected chi connectivity index (χ2v) is 6.75. The van der Waals surface area contributed by atoms with E-state index in [1.165, 1.54) is 25.7 Å². The van der Waals surface area contributed by atoms with Crippen LogP contribution in [0.4, 0.5) is 0 Å². The number of hydrogen-bond donors (Lipinski definition) is 3. The summed E-state index contributed by atoms with van der Waals surface area (Å²) < 4.78 is 0. The van der Waals surface area contributed by atoms with E-state index in [1.54, 1.807) is 0 Å². The lowest BCUT2D eigenvalue weighted by Gasteiger charge is -2.42. The minimum Gasteiger partial charge on any atom is -0.324 e. The molecule has 20 heavy (non-hydrogen) atoms. The van der Waals surface area contributed by atoms with Gasteiger partial charge in [-0.15, -0.1) is 0 Å². The molecule has 4 heteroatoms. The fraction of sp³-hybridized carbons (Fsp3) is 0.562. The molecule has 2 unspecified atom stereocenters. The van der Waals surface area contributed by atoms with Gasteiger partial charge in [-0.25, -0.2) is 4.79 Å². The van der Waals surface area contributed by atoms with Crippen LogP contribution in [0.2, 0.25) is 0 Å². The normalized spacial score (nSPS) is 23.9. The van der Waals surface area contributed by atoms with E-state index in [0.717, 1.165) is 16.6 Å². The molecule has 1 fully saturated rings. The van der Waals surface area contributed by atoms with Crippen LogP contribution in [-0.2, 0) is 0 Å². The Bertz CT molecular complexity index is 668. The van der Waals surface area contributed by atoms with Crippen LogP contribution in [0.25, 0.3) is 11.0 Å². The first-order valence-electron chi connectivity index (χ1n) is 7.45. The summed E-state index contributed by atoms with van der Waals surface area (Å²) in [5.74, 6) is 0.499. The Morgan fingerprint density at radius 3 is 2.75 bits per heavy atom. The quantitative estimate of drug-likeness (QED) is 0.786. The number of nitrogens with two attached hydrogens (primary N) is 1. The van der Waals surface area contributed by atoms with Crippen LogP contribution in [0.15, 0.2) is 23.0 Å². The van der Waals surface area contributed by atoms with Gasteiger partial charge >= 0.3 is 5.69 Å². The summed E-state index contributed by atoms with van der Waals surface area (Å²) in [5.41, 5.74) is 9.47. The van der Waals surface area contributed by atoms with Crippen molar-refractivity contribution in [1.82, 2.24) is 9.97 Å². The van der Waals surface area contributed by atoms with E-state index >= 15 is 0 Å². The Morgan fingerprint density at radius 2 is 2.00 bits per heavy atom. The zero-order chi connectivity index (χ0) is 14.3. The van der Waals surface area contributed by atoms with Gasteiger partial charge in [0.2, 0.25) is 0 Å². The zero-order valence-electron chi connectivity index (χ0n) is 12.2. The molecule has 4 N–H and O–H groups in total. The largest absolute Gasteiger partial charge is 0.324 e. The van der Waals surface area contributed by atoms with E-state index in [0.29, 0.717) is 5.92 Å². The van der Waals surface area contributed by atoms with Gasteiger partial charge in [0.25, 0.3) is 0 Å². The van der Waals surface area contributed by atoms with Gasteiger partial charge in [-0.05, 0) is 41.9 Å². The van der Waals surface area contributed by atoms with Gasteiger partial charge in [-0.1, -0.05) is 32.8 Å². The van der Waals surface area contributed by atoms with E-state index in [-0.39, 0.29) is 17.1 Å². The molecular weight excluding hydrogens is 250 g/mol. The third-order valence-electron chi connectivity index (χ3n) is 4.95. The van der Waals surface area contributed by atoms with Gasteiger partial charge in [0, 0.05) is 6.04 Å². The summed E-state index contributed by atoms with van der Waals surface area (Å²) >= 11 is 0. The van der Waals surface area contributed by atoms with Crippen LogP contribution < -0.4 is 11.4 Å². The van der Waals surface area contributed by atoms with Crippen molar-refractivity contribution < 1.29 is 0 Å². The summed E-state index contributed by atoms with van der Waals surface area (Å²) in [6.45, 7) is 4.65. The summed E-state index contributed by atoms with van der Waals surface area (Å²) in [6.07, 6.45) is 5.01. The van der Waals surface area contributed by atoms with E-state index in [2.05, 4.69) is 23.8 Å². The highest BCUT2D eigenvalue weighted by atomic mass is 16.1. The molecular formula is C16H23N3O. The number of nitrogens with one attached hydrogen (secondary N) is 2. The molecule has 1 aliphatic carbocycles. The number of aromatic nitrogens is 2. The molecule has 2 atom stereocenters. The second kappa shape index (κ2) is 4.77. The summed E-state index contributed by atoms with van der Waals surface area (Å²) in [7, 11) is 0. The number of benzene rings is 1. The molecule has 0 aliphatic heterocycles. The van der Waals surface area contributed by atoms with Crippen molar-refractivity contribution >= 4 is 11.0 Å². The number of rotatable bonds is 2. The van der Waals surface area contributed by atoms with Crippen molar-refractivity contribution in [2.24, 2.45) is 17.1 Å². The summed E-state index contributed by atoms with van der Waals surface area (Å²) in [6, 6.07) is 6.04. The number of H-pyrrole nitrogens is 2. The highest BCUT2D eigenvalue weighted by molar-refractivity contribution is 5.75. The minimum atomic E-state index is -0.163. The third-order valence-corrected chi connectivity index (χ3v) is 4.95. The van der Waals surface area contributed by atoms with Crippen LogP contribution in [0, 0.1) is 11.3 Å². The molecule has 1 heterocycles. The zero-order valence-corrected chi connectivity index (χ0v) is 12.2. The predicted octanol–water partition coefficient (Wildman–Crippen LogP) is 3.07. The van der Waals surface area contributed by atoms with Crippen molar-refractivity contribution in [3.8, 4) is 0 Å². The van der Waals surface area contributed by atoms with Crippen LogP contribution >= 0.6 is 0 Å². The van der Waals surface area contributed by atoms with Crippen LogP contribution in [0.3, 0.4) is 0 Å². The van der Waals surface area contributed by atoms with E-state index in [1.807, 2.05) is 18.2 Å². The van der Waals surface area contributed by atoms with Crippen molar-refractivity contribution in [3.63, 3.8) is 0 Å². The number of fused-ring (bicyclic) bond motifs is 1. The van der Waals surface area contributed by atoms with Crippen LogP contribution in [0.5, 0.6) is 0 Å². The SMILES string of the molecule is CC1(C)CCCCC1C(N)c1ccc2[nH]c(=O)[nH]c2c1. The van der Waals surface area contributed by atoms with Crippen molar-refractivity contribution in [1.29, 1.82) is 0 Å². The Labute approximate surface area is 118 Å². The molecule has 2 aromatic rings. The molecule has 1 aliphatic rings. The number of imidazole rings is 1. The van der Waals surface area contributed by atoms with Crippen molar-refractivity contribution in [3.05, 3.63) is 34.2 Å². The average Bonchev–Trinajstić information content (AvgIpc) is 2.76. The fourth-order valence-electron chi connectivity index (χ4n) is 3.68. The first kappa shape index (κ1) is 13.4. The molecule has 1 saturated carbocycles. The van der Waals surface area contributed by atoms with Gasteiger partial charge in [0.05, 0.1) is 11.0 Å². The van der Waals surface area contributed by atoms with Gasteiger partial charge in [0.1, 0.15) is 0 Å². The molecule has 0 spiro atoms. The topological polar surface area (TPSA) is 74.7 Å². The second-order valence-electron chi connectivity index (χ2n) is 6.75. The van der Waals surface area contributed by atoms with Crippen LogP contribution in [0.1, 0.15) is 51.1 Å². The first-order valence-corrected chi connectivity index (χ1v) is 7.45. The molecule has 0 bridgehead atoms. The lowest BCUT2D eigenvalue weighted by Crippen LogP contribution is -2.36. The van der Waals surface area contributed by atoms with E-state index < -0.39 is 0 Å². The smallest absolute Gasteiger partial charge is 0.323 e. The molecule has 1 aromatic carbocycles. The predicted molar refractivity (Wildman–Crippen MR) is 81.6 cm³/mol. The lowest BCUT2D eigenvalue weighted by molar-refractivity contribution is 0.113. The maximum atomic E-state index is 11.3. The van der Waals surface area contributed by atoms with Gasteiger partial charge < -0.3 is 15.7 Å². The Kier molecular flexibility index (Phi) is 3.21. The Hall–Kier alpha value is -1.55. The van der Waals surface area contributed by atoms with Crippen LogP contribution in [-0.4, -0.2) is 9.97 Å². The minimum absolute atomic E-state index is 0.0353. The van der Waals surface area contributed by atoms with Gasteiger partial charge in [-0.3, -0.25) is 0 Å². The lowest BCUT2D eigenvalue weighted by atomic mass is 9.65. The monoisotopic (exact) mass is 273 g/mol. The molecule has 0 amide bonds. The number of hydrogen-bond acceptors (Lipinski definition) is 2. The highest BCUT2D eigenvalue weighted by Crippen LogP contribution is 2.45. The number of aromatic amines is 2. The Balaban J connectivity index is 1.94. The van der Waals surface area contributed by atoms with Crippen molar-refractivity contribution in [2.45, 2.75) is 45.6 Å². The molecule has 0 radical (unpaired) electrons. The standard InChI is InChI=1S/C16H23N3O/c1-16(2)8-4-3-5-11(16)14(17)10-6-7-12-13(9-10)19-15(20)18-12/h6-7,9,11,14H,3-5,8,17H2,1-2H3,(H2,18,19,20). The average molecular weight is 273 g/mol. The highest BCUT2D eigenvalue weighted by Gasteiger charge is 2.36. The molecule has 108 valence electrons. The fourth-order valence-corrected chi connectivity index (χ4v) is 3.68. The van der Waals surface area contributed by atoms with Gasteiger partial charge in [-0.2, -0.15) is 0 Å². The Morgan fingerprint density at radius 1 is 1.25 bits per heavy atom. The maximum Gasteiger partial charge on any atom is 0.323 e. The van der Waals surface area contributed by atoms with E-state index in [4.69, 9.17) is 5.73 Å². The van der Waals surface area contributed by atoms with Gasteiger partial charge in [0.15, 0.2) is 0 Å². The third kappa shape index (κ3) is 2.29. The molecule has 1 aromatic heterocycles. The van der Waals surface area contributed by atoms with Crippen molar-refractivity contribution in [2.75, 3.05) is 0 Å². The first-order chi connectivity index (χ1) is 9.47.